The summed E-state index contributed by atoms with van der Waals surface area (Å²) in [6.07, 6.45) is -0.118. The molecule has 2 atom stereocenters. The number of halogens is 1. The summed E-state index contributed by atoms with van der Waals surface area (Å²) in [6.45, 7) is 7.56. The summed E-state index contributed by atoms with van der Waals surface area (Å²) in [4.78, 5) is 30.3. The number of benzene rings is 1. The summed E-state index contributed by atoms with van der Waals surface area (Å²) < 4.78 is 6.73. The zero-order valence-electron chi connectivity index (χ0n) is 16.1. The van der Waals surface area contributed by atoms with Crippen LogP contribution in [0.2, 0.25) is 0 Å². The Morgan fingerprint density at radius 2 is 1.82 bits per heavy atom. The number of carbonyl (C=O) groups excluding carboxylic acids is 2. The smallest absolute Gasteiger partial charge is 0.264 e. The first-order chi connectivity index (χ1) is 13.1. The quantitative estimate of drug-likeness (QED) is 0.805. The van der Waals surface area contributed by atoms with Crippen LogP contribution in [-0.4, -0.2) is 73.1 Å². The van der Waals surface area contributed by atoms with Gasteiger partial charge < -0.3 is 19.9 Å². The second-order valence-electron chi connectivity index (χ2n) is 7.18. The summed E-state index contributed by atoms with van der Waals surface area (Å²) in [5.74, 6) is 0.153. The Kier molecular flexibility index (Phi) is 6.60. The van der Waals surface area contributed by atoms with E-state index in [9.17, 15) is 9.59 Å². The fourth-order valence-corrected chi connectivity index (χ4v) is 5.04. The molecule has 2 aliphatic rings. The minimum absolute atomic E-state index is 0. The molecule has 0 unspecified atom stereocenters. The molecule has 4 rings (SSSR count). The maximum absolute atomic E-state index is 13.0. The topological polar surface area (TPSA) is 61.9 Å². The fraction of sp³-hybridized carbons (Fsp3) is 0.500. The molecule has 152 valence electrons. The van der Waals surface area contributed by atoms with Gasteiger partial charge in [0.2, 0.25) is 5.91 Å². The van der Waals surface area contributed by atoms with Gasteiger partial charge in [0.05, 0.1) is 17.6 Å². The zero-order valence-corrected chi connectivity index (χ0v) is 17.8. The second kappa shape index (κ2) is 8.78. The van der Waals surface area contributed by atoms with Crippen molar-refractivity contribution < 1.29 is 14.3 Å². The van der Waals surface area contributed by atoms with Crippen LogP contribution in [0.15, 0.2) is 24.3 Å². The lowest BCUT2D eigenvalue weighted by Gasteiger charge is -2.38. The molecule has 0 spiro atoms. The number of hydrogen-bond donors (Lipinski definition) is 1. The summed E-state index contributed by atoms with van der Waals surface area (Å²) >= 11 is 1.56. The van der Waals surface area contributed by atoms with Crippen LogP contribution in [0.1, 0.15) is 22.2 Å². The van der Waals surface area contributed by atoms with Gasteiger partial charge in [0.25, 0.3) is 5.91 Å². The molecule has 0 bridgehead atoms. The number of rotatable bonds is 2. The minimum atomic E-state index is -0.286. The molecule has 2 aliphatic heterocycles. The first-order valence-corrected chi connectivity index (χ1v) is 10.3. The molecule has 2 fully saturated rings. The normalized spacial score (nSPS) is 22.8. The van der Waals surface area contributed by atoms with Crippen LogP contribution >= 0.6 is 23.7 Å². The number of ether oxygens (including phenoxy) is 1. The predicted octanol–water partition coefficient (Wildman–Crippen LogP) is 2.29. The minimum Gasteiger partial charge on any atom is -0.375 e. The first kappa shape index (κ1) is 21.0. The van der Waals surface area contributed by atoms with Gasteiger partial charge in [-0.15, -0.1) is 23.7 Å². The molecule has 0 aliphatic carbocycles. The fourth-order valence-electron chi connectivity index (χ4n) is 3.86. The van der Waals surface area contributed by atoms with Crippen molar-refractivity contribution in [3.8, 4) is 0 Å². The Labute approximate surface area is 175 Å². The highest BCUT2D eigenvalue weighted by Gasteiger charge is 2.34. The van der Waals surface area contributed by atoms with Crippen LogP contribution in [0.4, 0.5) is 0 Å². The first-order valence-electron chi connectivity index (χ1n) is 9.47. The Hall–Kier alpha value is -1.67. The van der Waals surface area contributed by atoms with Gasteiger partial charge in [0, 0.05) is 37.4 Å². The lowest BCUT2D eigenvalue weighted by atomic mass is 10.1. The number of morpholine rings is 1. The third kappa shape index (κ3) is 3.89. The molecule has 2 aromatic rings. The van der Waals surface area contributed by atoms with E-state index in [0.29, 0.717) is 39.3 Å². The summed E-state index contributed by atoms with van der Waals surface area (Å²) in [5, 5.41) is 4.40. The van der Waals surface area contributed by atoms with Crippen molar-refractivity contribution in [2.24, 2.45) is 0 Å². The molecule has 0 saturated carbocycles. The van der Waals surface area contributed by atoms with Gasteiger partial charge in [-0.05, 0) is 30.9 Å². The van der Waals surface area contributed by atoms with E-state index in [2.05, 4.69) is 17.4 Å². The van der Waals surface area contributed by atoms with Gasteiger partial charge in [-0.1, -0.05) is 18.2 Å². The van der Waals surface area contributed by atoms with E-state index in [0.717, 1.165) is 20.5 Å². The van der Waals surface area contributed by atoms with E-state index in [1.807, 2.05) is 35.8 Å². The highest BCUT2D eigenvalue weighted by atomic mass is 35.5. The van der Waals surface area contributed by atoms with Gasteiger partial charge in [-0.3, -0.25) is 9.59 Å². The van der Waals surface area contributed by atoms with Crippen LogP contribution < -0.4 is 5.32 Å². The van der Waals surface area contributed by atoms with E-state index in [1.165, 1.54) is 0 Å². The van der Waals surface area contributed by atoms with E-state index in [4.69, 9.17) is 4.74 Å². The highest BCUT2D eigenvalue weighted by Crippen LogP contribution is 2.31. The average Bonchev–Trinajstić information content (AvgIpc) is 3.04. The standard InChI is InChI=1S/C20H25N3O3S.ClH/c1-13-15-5-3-4-6-16(15)27-18(13)20(25)23-10-8-22(9-11-23)19(24)17-14(2)26-12-7-21-17;/h3-6,14,17,21H,7-12H2,1-2H3;1H/t14-,17+;/m1./s1. The third-order valence-electron chi connectivity index (χ3n) is 5.50. The molecule has 2 saturated heterocycles. The van der Waals surface area contributed by atoms with Crippen LogP contribution in [0.3, 0.4) is 0 Å². The van der Waals surface area contributed by atoms with E-state index in [1.54, 1.807) is 11.3 Å². The Morgan fingerprint density at radius 1 is 1.14 bits per heavy atom. The molecule has 1 aromatic carbocycles. The number of thiophene rings is 1. The Balaban J connectivity index is 0.00000225. The van der Waals surface area contributed by atoms with Gasteiger partial charge in [0.15, 0.2) is 0 Å². The molecule has 8 heteroatoms. The second-order valence-corrected chi connectivity index (χ2v) is 8.23. The number of aryl methyl sites for hydroxylation is 1. The number of carbonyl (C=O) groups is 2. The van der Waals surface area contributed by atoms with Crippen molar-refractivity contribution in [1.82, 2.24) is 15.1 Å². The summed E-state index contributed by atoms with van der Waals surface area (Å²) in [6, 6.07) is 7.84. The average molecular weight is 424 g/mol. The lowest BCUT2D eigenvalue weighted by Crippen LogP contribution is -2.60. The Bertz CT molecular complexity index is 863. The number of fused-ring (bicyclic) bond motifs is 1. The molecule has 28 heavy (non-hydrogen) atoms. The van der Waals surface area contributed by atoms with Gasteiger partial charge in [-0.25, -0.2) is 0 Å². The number of amides is 2. The molecule has 1 aromatic heterocycles. The zero-order chi connectivity index (χ0) is 19.0. The molecular weight excluding hydrogens is 398 g/mol. The van der Waals surface area contributed by atoms with Crippen molar-refractivity contribution in [3.05, 3.63) is 34.7 Å². The van der Waals surface area contributed by atoms with E-state index >= 15 is 0 Å². The number of piperazine rings is 1. The summed E-state index contributed by atoms with van der Waals surface area (Å²) in [5.41, 5.74) is 1.05. The summed E-state index contributed by atoms with van der Waals surface area (Å²) in [7, 11) is 0. The third-order valence-corrected chi connectivity index (χ3v) is 6.76. The maximum atomic E-state index is 13.0. The van der Waals surface area contributed by atoms with E-state index < -0.39 is 0 Å². The van der Waals surface area contributed by atoms with Gasteiger partial charge in [0.1, 0.15) is 6.04 Å². The largest absolute Gasteiger partial charge is 0.375 e. The Morgan fingerprint density at radius 3 is 2.50 bits per heavy atom. The molecule has 6 nitrogen and oxygen atoms in total. The molecule has 2 amide bonds. The number of hydrogen-bond acceptors (Lipinski definition) is 5. The van der Waals surface area contributed by atoms with Crippen molar-refractivity contribution in [3.63, 3.8) is 0 Å². The van der Waals surface area contributed by atoms with Crippen molar-refractivity contribution in [2.45, 2.75) is 26.0 Å². The maximum Gasteiger partial charge on any atom is 0.264 e. The lowest BCUT2D eigenvalue weighted by molar-refractivity contribution is -0.140. The van der Waals surface area contributed by atoms with Crippen molar-refractivity contribution in [1.29, 1.82) is 0 Å². The number of nitrogens with zero attached hydrogens (tertiary/aromatic N) is 2. The molecule has 3 heterocycles. The van der Waals surface area contributed by atoms with Gasteiger partial charge >= 0.3 is 0 Å². The van der Waals surface area contributed by atoms with Crippen molar-refractivity contribution in [2.75, 3.05) is 39.3 Å². The predicted molar refractivity (Wildman–Crippen MR) is 113 cm³/mol. The highest BCUT2D eigenvalue weighted by molar-refractivity contribution is 7.21. The number of nitrogens with one attached hydrogen (secondary N) is 1. The van der Waals surface area contributed by atoms with Gasteiger partial charge in [-0.2, -0.15) is 0 Å². The van der Waals surface area contributed by atoms with Crippen LogP contribution in [0.5, 0.6) is 0 Å². The van der Waals surface area contributed by atoms with Crippen LogP contribution in [0.25, 0.3) is 10.1 Å². The molecule has 0 radical (unpaired) electrons. The molecule has 1 N–H and O–H groups in total. The van der Waals surface area contributed by atoms with E-state index in [-0.39, 0.29) is 36.4 Å². The van der Waals surface area contributed by atoms with Crippen LogP contribution in [-0.2, 0) is 9.53 Å². The van der Waals surface area contributed by atoms with Crippen molar-refractivity contribution >= 4 is 45.6 Å². The SMILES string of the molecule is Cc1c(C(=O)N2CCN(C(=O)[C@H]3NCCO[C@@H]3C)CC2)sc2ccccc12.Cl. The monoisotopic (exact) mass is 423 g/mol. The molecular formula is C20H26ClN3O3S. The van der Waals surface area contributed by atoms with Crippen LogP contribution in [0, 0.1) is 6.92 Å².